The molecular weight excluding hydrogens is 244 g/mol. The molecule has 0 aromatic heterocycles. The molecule has 2 aliphatic rings. The quantitative estimate of drug-likeness (QED) is 0.739. The van der Waals surface area contributed by atoms with Crippen LogP contribution in [0.25, 0.3) is 0 Å². The van der Waals surface area contributed by atoms with E-state index in [0.717, 1.165) is 45.1 Å². The summed E-state index contributed by atoms with van der Waals surface area (Å²) in [4.78, 5) is 22.8. The van der Waals surface area contributed by atoms with E-state index in [2.05, 4.69) is 4.74 Å². The van der Waals surface area contributed by atoms with Crippen LogP contribution in [-0.2, 0) is 9.53 Å². The van der Waals surface area contributed by atoms with Gasteiger partial charge < -0.3 is 20.2 Å². The van der Waals surface area contributed by atoms with Crippen LogP contribution >= 0.6 is 0 Å². The Morgan fingerprint density at radius 3 is 2.16 bits per heavy atom. The highest BCUT2D eigenvalue weighted by atomic mass is 16.5. The average Bonchev–Trinajstić information content (AvgIpc) is 2.48. The van der Waals surface area contributed by atoms with E-state index in [1.165, 1.54) is 26.4 Å². The molecule has 0 aromatic rings. The fraction of sp³-hybridized carbons (Fsp3) is 0.857. The Morgan fingerprint density at radius 2 is 1.74 bits per heavy atom. The minimum Gasteiger partial charge on any atom is -0.453 e. The summed E-state index contributed by atoms with van der Waals surface area (Å²) in [5.74, 6) is 0.406. The lowest BCUT2D eigenvalue weighted by Gasteiger charge is -2.28. The van der Waals surface area contributed by atoms with E-state index in [4.69, 9.17) is 5.73 Å². The molecule has 2 fully saturated rings. The van der Waals surface area contributed by atoms with Crippen molar-refractivity contribution in [3.63, 3.8) is 0 Å². The summed E-state index contributed by atoms with van der Waals surface area (Å²) in [6.45, 7) is 1.46. The zero-order valence-electron chi connectivity index (χ0n) is 11.8. The van der Waals surface area contributed by atoms with Gasteiger partial charge in [0.05, 0.1) is 7.11 Å². The second kappa shape index (κ2) is 8.91. The normalized spacial score (nSPS) is 21.3. The summed E-state index contributed by atoms with van der Waals surface area (Å²) >= 11 is 0. The Kier molecular flexibility index (Phi) is 7.48. The number of likely N-dealkylation sites (tertiary alicyclic amines) is 1. The highest BCUT2D eigenvalue weighted by Crippen LogP contribution is 2.21. The first-order chi connectivity index (χ1) is 9.17. The first kappa shape index (κ1) is 16.0. The van der Waals surface area contributed by atoms with Crippen LogP contribution in [0.1, 0.15) is 44.9 Å². The molecule has 1 saturated carbocycles. The number of aldehydes is 1. The number of carbonyl (C=O) groups is 2. The minimum absolute atomic E-state index is 0.239. The lowest BCUT2D eigenvalue weighted by atomic mass is 9.91. The second-order valence-corrected chi connectivity index (χ2v) is 5.33. The molecule has 5 nitrogen and oxygen atoms in total. The van der Waals surface area contributed by atoms with Crippen LogP contribution in [0.4, 0.5) is 4.79 Å². The molecule has 1 aliphatic heterocycles. The largest absolute Gasteiger partial charge is 0.453 e. The van der Waals surface area contributed by atoms with E-state index in [1.54, 1.807) is 4.90 Å². The van der Waals surface area contributed by atoms with Gasteiger partial charge in [-0.15, -0.1) is 0 Å². The Morgan fingerprint density at radius 1 is 1.16 bits per heavy atom. The molecule has 1 saturated heterocycles. The van der Waals surface area contributed by atoms with Gasteiger partial charge >= 0.3 is 6.09 Å². The number of nitrogens with two attached hydrogens (primary N) is 1. The number of piperidine rings is 1. The zero-order chi connectivity index (χ0) is 14.1. The average molecular weight is 270 g/mol. The lowest BCUT2D eigenvalue weighted by Crippen LogP contribution is -2.42. The molecule has 0 radical (unpaired) electrons. The van der Waals surface area contributed by atoms with Gasteiger partial charge in [0.1, 0.15) is 6.29 Å². The highest BCUT2D eigenvalue weighted by molar-refractivity contribution is 5.67. The van der Waals surface area contributed by atoms with Gasteiger partial charge in [-0.05, 0) is 25.7 Å². The summed E-state index contributed by atoms with van der Waals surface area (Å²) in [7, 11) is 1.40. The predicted molar refractivity (Wildman–Crippen MR) is 73.8 cm³/mol. The summed E-state index contributed by atoms with van der Waals surface area (Å²) in [6, 6.07) is 0.260. The summed E-state index contributed by atoms with van der Waals surface area (Å²) in [6.07, 6.45) is 8.80. The molecule has 0 unspecified atom stereocenters. The van der Waals surface area contributed by atoms with Crippen molar-refractivity contribution in [3.05, 3.63) is 0 Å². The van der Waals surface area contributed by atoms with Crippen LogP contribution in [0, 0.1) is 5.92 Å². The highest BCUT2D eigenvalue weighted by Gasteiger charge is 2.20. The maximum atomic E-state index is 10.9. The van der Waals surface area contributed by atoms with Crippen LogP contribution in [0.15, 0.2) is 0 Å². The van der Waals surface area contributed by atoms with Crippen LogP contribution in [0.2, 0.25) is 0 Å². The number of nitrogens with zero attached hydrogens (tertiary/aromatic N) is 1. The van der Waals surface area contributed by atoms with E-state index in [0.29, 0.717) is 5.92 Å². The fourth-order valence-corrected chi connectivity index (χ4v) is 2.48. The number of carbonyl (C=O) groups excluding carboxylic acids is 2. The topological polar surface area (TPSA) is 72.6 Å². The van der Waals surface area contributed by atoms with E-state index in [1.807, 2.05) is 0 Å². The molecule has 1 amide bonds. The summed E-state index contributed by atoms with van der Waals surface area (Å²) < 4.78 is 4.57. The van der Waals surface area contributed by atoms with Crippen molar-refractivity contribution in [2.75, 3.05) is 20.2 Å². The van der Waals surface area contributed by atoms with Crippen molar-refractivity contribution in [1.29, 1.82) is 0 Å². The Labute approximate surface area is 115 Å². The van der Waals surface area contributed by atoms with Crippen molar-refractivity contribution in [2.45, 2.75) is 51.0 Å². The standard InChI is InChI=1S/C7H14N2O2.C7H12O/c1-11-7(10)9-4-2-6(8)3-5-9;8-6-7-4-2-1-3-5-7/h6H,2-5,8H2,1H3;6-7H,1-5H2. The number of rotatable bonds is 1. The smallest absolute Gasteiger partial charge is 0.409 e. The Balaban J connectivity index is 0.000000200. The van der Waals surface area contributed by atoms with Gasteiger partial charge in [-0.25, -0.2) is 4.79 Å². The molecule has 2 rings (SSSR count). The SMILES string of the molecule is COC(=O)N1CCC(N)CC1.O=CC1CCCCC1. The third-order valence-corrected chi connectivity index (χ3v) is 3.81. The number of methoxy groups -OCH3 is 1. The molecule has 1 aliphatic carbocycles. The molecule has 1 heterocycles. The molecule has 0 bridgehead atoms. The van der Waals surface area contributed by atoms with Crippen LogP contribution in [0.3, 0.4) is 0 Å². The number of hydrogen-bond donors (Lipinski definition) is 1. The molecule has 0 spiro atoms. The Bertz CT molecular complexity index is 270. The van der Waals surface area contributed by atoms with E-state index < -0.39 is 0 Å². The summed E-state index contributed by atoms with van der Waals surface area (Å²) in [5, 5.41) is 0. The number of hydrogen-bond acceptors (Lipinski definition) is 4. The summed E-state index contributed by atoms with van der Waals surface area (Å²) in [5.41, 5.74) is 5.66. The lowest BCUT2D eigenvalue weighted by molar-refractivity contribution is -0.111. The predicted octanol–water partition coefficient (Wildman–Crippen LogP) is 1.94. The van der Waals surface area contributed by atoms with Gasteiger partial charge in [-0.2, -0.15) is 0 Å². The molecule has 2 N–H and O–H groups in total. The van der Waals surface area contributed by atoms with Crippen molar-refractivity contribution in [1.82, 2.24) is 4.90 Å². The molecule has 19 heavy (non-hydrogen) atoms. The van der Waals surface area contributed by atoms with Crippen molar-refractivity contribution in [2.24, 2.45) is 11.7 Å². The van der Waals surface area contributed by atoms with Gasteiger partial charge in [0, 0.05) is 25.0 Å². The Hall–Kier alpha value is -1.10. The van der Waals surface area contributed by atoms with Crippen molar-refractivity contribution < 1.29 is 14.3 Å². The maximum absolute atomic E-state index is 10.9. The second-order valence-electron chi connectivity index (χ2n) is 5.33. The zero-order valence-corrected chi connectivity index (χ0v) is 11.8. The van der Waals surface area contributed by atoms with Crippen LogP contribution in [-0.4, -0.2) is 43.5 Å². The molecule has 5 heteroatoms. The van der Waals surface area contributed by atoms with Crippen molar-refractivity contribution in [3.8, 4) is 0 Å². The fourth-order valence-electron chi connectivity index (χ4n) is 2.48. The third-order valence-electron chi connectivity index (χ3n) is 3.81. The van der Waals surface area contributed by atoms with E-state index in [-0.39, 0.29) is 12.1 Å². The molecule has 0 aromatic carbocycles. The first-order valence-corrected chi connectivity index (χ1v) is 7.21. The van der Waals surface area contributed by atoms with Crippen LogP contribution in [0.5, 0.6) is 0 Å². The first-order valence-electron chi connectivity index (χ1n) is 7.21. The third kappa shape index (κ3) is 6.05. The van der Waals surface area contributed by atoms with Crippen molar-refractivity contribution >= 4 is 12.4 Å². The van der Waals surface area contributed by atoms with E-state index in [9.17, 15) is 9.59 Å². The molecule has 0 atom stereocenters. The van der Waals surface area contributed by atoms with Gasteiger partial charge in [0.25, 0.3) is 0 Å². The molecule has 110 valence electrons. The van der Waals surface area contributed by atoms with Gasteiger partial charge in [-0.1, -0.05) is 19.3 Å². The van der Waals surface area contributed by atoms with Gasteiger partial charge in [-0.3, -0.25) is 0 Å². The number of amides is 1. The maximum Gasteiger partial charge on any atom is 0.409 e. The van der Waals surface area contributed by atoms with Gasteiger partial charge in [0.15, 0.2) is 0 Å². The van der Waals surface area contributed by atoms with E-state index >= 15 is 0 Å². The number of ether oxygens (including phenoxy) is 1. The van der Waals surface area contributed by atoms with Gasteiger partial charge in [0.2, 0.25) is 0 Å². The monoisotopic (exact) mass is 270 g/mol. The minimum atomic E-state index is -0.239. The molecular formula is C14H26N2O3. The van der Waals surface area contributed by atoms with Crippen LogP contribution < -0.4 is 5.73 Å².